The Morgan fingerprint density at radius 2 is 1.90 bits per heavy atom. The van der Waals surface area contributed by atoms with Crippen LogP contribution < -0.4 is 0 Å². The normalized spacial score (nSPS) is 49.0. The Bertz CT molecular complexity index is 919. The molecule has 8 atom stereocenters. The smallest absolute Gasteiger partial charge is 0.104 e. The second-order valence-corrected chi connectivity index (χ2v) is 10.9. The number of benzene rings is 1. The molecule has 160 valence electrons. The Hall–Kier alpha value is -1.42. The van der Waals surface area contributed by atoms with Crippen LogP contribution in [0.5, 0.6) is 0 Å². The van der Waals surface area contributed by atoms with Crippen LogP contribution in [0, 0.1) is 17.3 Å². The van der Waals surface area contributed by atoms with Crippen molar-refractivity contribution in [3.63, 3.8) is 0 Å². The summed E-state index contributed by atoms with van der Waals surface area (Å²) in [4.78, 5) is 0. The van der Waals surface area contributed by atoms with E-state index in [1.165, 1.54) is 24.0 Å². The van der Waals surface area contributed by atoms with Gasteiger partial charge < -0.3 is 14.9 Å². The van der Waals surface area contributed by atoms with Crippen molar-refractivity contribution in [1.82, 2.24) is 0 Å². The molecule has 1 aromatic carbocycles. The quantitative estimate of drug-likeness (QED) is 0.735. The zero-order chi connectivity index (χ0) is 20.7. The van der Waals surface area contributed by atoms with Crippen molar-refractivity contribution in [1.29, 1.82) is 0 Å². The molecular weight excluding hydrogens is 372 g/mol. The number of rotatable bonds is 2. The number of hydrogen-bond donors (Lipinski definition) is 2. The molecule has 2 heterocycles. The second-order valence-electron chi connectivity index (χ2n) is 10.9. The molecule has 1 saturated heterocycles. The van der Waals surface area contributed by atoms with Gasteiger partial charge in [-0.3, -0.25) is 0 Å². The standard InChI is InChI=1S/C27H34O3/c1-3-17-16-26-13-14-27(30-26)19(15-21(26)24(29)23(17)28)11-12-25(2)20(9-10-22(25)27)18-7-5-4-6-8-18/h4-8,11,15,17,20,22-24,28-29H,3,9-10,12-14,16H2,1-2H3. The van der Waals surface area contributed by atoms with Crippen molar-refractivity contribution in [3.8, 4) is 0 Å². The van der Waals surface area contributed by atoms with E-state index < -0.39 is 12.2 Å². The molecule has 2 spiro atoms. The molecule has 0 aromatic heterocycles. The predicted octanol–water partition coefficient (Wildman–Crippen LogP) is 4.90. The molecule has 3 fully saturated rings. The van der Waals surface area contributed by atoms with Gasteiger partial charge in [-0.05, 0) is 78.4 Å². The molecule has 6 rings (SSSR count). The molecule has 2 saturated carbocycles. The maximum Gasteiger partial charge on any atom is 0.104 e. The van der Waals surface area contributed by atoms with Crippen molar-refractivity contribution in [2.24, 2.45) is 17.3 Å². The summed E-state index contributed by atoms with van der Waals surface area (Å²) in [6.45, 7) is 4.61. The van der Waals surface area contributed by atoms with Crippen molar-refractivity contribution < 1.29 is 14.9 Å². The fourth-order valence-corrected chi connectivity index (χ4v) is 8.18. The van der Waals surface area contributed by atoms with E-state index in [0.29, 0.717) is 11.8 Å². The van der Waals surface area contributed by atoms with E-state index in [0.717, 1.165) is 37.7 Å². The lowest BCUT2D eigenvalue weighted by Gasteiger charge is -2.55. The summed E-state index contributed by atoms with van der Waals surface area (Å²) in [5.41, 5.74) is 3.32. The van der Waals surface area contributed by atoms with Crippen LogP contribution in [0.4, 0.5) is 0 Å². The first-order valence-corrected chi connectivity index (χ1v) is 12.0. The number of ether oxygens (including phenoxy) is 1. The Kier molecular flexibility index (Phi) is 4.05. The molecule has 2 bridgehead atoms. The van der Waals surface area contributed by atoms with Crippen LogP contribution in [-0.2, 0) is 4.74 Å². The number of hydrogen-bond acceptors (Lipinski definition) is 3. The first-order chi connectivity index (χ1) is 14.4. The van der Waals surface area contributed by atoms with Gasteiger partial charge in [0.1, 0.15) is 6.10 Å². The summed E-state index contributed by atoms with van der Waals surface area (Å²) in [6.07, 6.45) is 10.4. The zero-order valence-corrected chi connectivity index (χ0v) is 18.2. The maximum atomic E-state index is 11.0. The van der Waals surface area contributed by atoms with Crippen molar-refractivity contribution >= 4 is 0 Å². The summed E-state index contributed by atoms with van der Waals surface area (Å²) < 4.78 is 7.19. The summed E-state index contributed by atoms with van der Waals surface area (Å²) in [6, 6.07) is 11.1. The van der Waals surface area contributed by atoms with Gasteiger partial charge in [-0.1, -0.05) is 62.8 Å². The van der Waals surface area contributed by atoms with Gasteiger partial charge in [0.15, 0.2) is 0 Å². The predicted molar refractivity (Wildman–Crippen MR) is 117 cm³/mol. The third kappa shape index (κ3) is 2.27. The third-order valence-electron chi connectivity index (χ3n) is 9.71. The van der Waals surface area contributed by atoms with Crippen LogP contribution in [0.2, 0.25) is 0 Å². The highest BCUT2D eigenvalue weighted by Crippen LogP contribution is 2.69. The van der Waals surface area contributed by atoms with Gasteiger partial charge >= 0.3 is 0 Å². The Balaban J connectivity index is 1.44. The van der Waals surface area contributed by atoms with Gasteiger partial charge in [-0.2, -0.15) is 0 Å². The summed E-state index contributed by atoms with van der Waals surface area (Å²) in [5.74, 6) is 1.19. The van der Waals surface area contributed by atoms with E-state index in [9.17, 15) is 10.2 Å². The number of allylic oxidation sites excluding steroid dienone is 1. The third-order valence-corrected chi connectivity index (χ3v) is 9.71. The van der Waals surface area contributed by atoms with Crippen molar-refractivity contribution in [2.45, 2.75) is 88.1 Å². The molecule has 2 aliphatic heterocycles. The monoisotopic (exact) mass is 406 g/mol. The number of aliphatic hydroxyl groups is 2. The highest BCUT2D eigenvalue weighted by atomic mass is 16.5. The average Bonchev–Trinajstić information content (AvgIpc) is 3.27. The van der Waals surface area contributed by atoms with Crippen LogP contribution in [0.1, 0.15) is 70.3 Å². The molecule has 0 radical (unpaired) electrons. The Labute approximate surface area is 179 Å². The molecule has 3 nitrogen and oxygen atoms in total. The van der Waals surface area contributed by atoms with Gasteiger partial charge in [-0.15, -0.1) is 0 Å². The molecule has 8 unspecified atom stereocenters. The lowest BCUT2D eigenvalue weighted by atomic mass is 9.58. The van der Waals surface area contributed by atoms with Crippen LogP contribution >= 0.6 is 0 Å². The Morgan fingerprint density at radius 3 is 2.67 bits per heavy atom. The number of aliphatic hydroxyl groups excluding tert-OH is 2. The van der Waals surface area contributed by atoms with Crippen LogP contribution in [0.15, 0.2) is 53.6 Å². The van der Waals surface area contributed by atoms with E-state index in [1.807, 2.05) is 0 Å². The van der Waals surface area contributed by atoms with Crippen LogP contribution in [-0.4, -0.2) is 33.6 Å². The zero-order valence-electron chi connectivity index (χ0n) is 18.2. The second kappa shape index (κ2) is 6.31. The molecule has 5 aliphatic rings. The van der Waals surface area contributed by atoms with Gasteiger partial charge in [-0.25, -0.2) is 0 Å². The van der Waals surface area contributed by atoms with E-state index in [4.69, 9.17) is 4.74 Å². The summed E-state index contributed by atoms with van der Waals surface area (Å²) in [7, 11) is 0. The number of fused-ring (bicyclic) bond motifs is 1. The van der Waals surface area contributed by atoms with Crippen molar-refractivity contribution in [2.75, 3.05) is 0 Å². The molecule has 1 aromatic rings. The van der Waals surface area contributed by atoms with Gasteiger partial charge in [0, 0.05) is 0 Å². The average molecular weight is 407 g/mol. The molecule has 3 aliphatic carbocycles. The van der Waals surface area contributed by atoms with E-state index in [1.54, 1.807) is 0 Å². The van der Waals surface area contributed by atoms with Crippen LogP contribution in [0.25, 0.3) is 0 Å². The van der Waals surface area contributed by atoms with E-state index in [2.05, 4.69) is 56.3 Å². The van der Waals surface area contributed by atoms with Gasteiger partial charge in [0.25, 0.3) is 0 Å². The molecular formula is C27H34O3. The van der Waals surface area contributed by atoms with E-state index in [-0.39, 0.29) is 22.5 Å². The fourth-order valence-electron chi connectivity index (χ4n) is 8.18. The summed E-state index contributed by atoms with van der Waals surface area (Å²) >= 11 is 0. The molecule has 3 heteroatoms. The maximum absolute atomic E-state index is 11.0. The molecule has 0 amide bonds. The minimum absolute atomic E-state index is 0.105. The Morgan fingerprint density at radius 1 is 1.10 bits per heavy atom. The summed E-state index contributed by atoms with van der Waals surface area (Å²) in [5, 5.41) is 21.7. The van der Waals surface area contributed by atoms with Gasteiger partial charge in [0.2, 0.25) is 0 Å². The highest BCUT2D eigenvalue weighted by Gasteiger charge is 2.67. The molecule has 30 heavy (non-hydrogen) atoms. The van der Waals surface area contributed by atoms with E-state index >= 15 is 0 Å². The topological polar surface area (TPSA) is 49.7 Å². The first kappa shape index (κ1) is 19.3. The highest BCUT2D eigenvalue weighted by molar-refractivity contribution is 5.49. The lowest BCUT2D eigenvalue weighted by molar-refractivity contribution is -0.164. The van der Waals surface area contributed by atoms with Crippen molar-refractivity contribution in [3.05, 3.63) is 59.2 Å². The van der Waals surface area contributed by atoms with Gasteiger partial charge in [0.05, 0.1) is 17.3 Å². The fraction of sp³-hybridized carbons (Fsp3) is 0.630. The van der Waals surface area contributed by atoms with Crippen LogP contribution in [0.3, 0.4) is 0 Å². The SMILES string of the molecule is CCC1CC23CCC4(O2)C(=CCC2(C)C(c5ccccc5)CCC42)C=C3C(O)C1O. The molecule has 2 N–H and O–H groups in total. The minimum atomic E-state index is -0.797. The first-order valence-electron chi connectivity index (χ1n) is 12.0. The largest absolute Gasteiger partial charge is 0.390 e. The lowest BCUT2D eigenvalue weighted by Crippen LogP contribution is -2.58. The minimum Gasteiger partial charge on any atom is -0.390 e.